The van der Waals surface area contributed by atoms with Crippen molar-refractivity contribution in [2.75, 3.05) is 6.61 Å². The first-order chi connectivity index (χ1) is 7.43. The molecular weight excluding hydrogens is 232 g/mol. The quantitative estimate of drug-likeness (QED) is 0.818. The molecule has 0 saturated carbocycles. The Morgan fingerprint density at radius 1 is 1.38 bits per heavy atom. The van der Waals surface area contributed by atoms with E-state index in [0.29, 0.717) is 6.07 Å². The molecule has 3 nitrogen and oxygen atoms in total. The summed E-state index contributed by atoms with van der Waals surface area (Å²) in [6.45, 7) is -1.10. The molecule has 0 saturated heterocycles. The van der Waals surface area contributed by atoms with Crippen molar-refractivity contribution in [3.8, 4) is 5.75 Å². The average molecular weight is 238 g/mol. The Morgan fingerprint density at radius 2 is 2.00 bits per heavy atom. The van der Waals surface area contributed by atoms with Gasteiger partial charge in [-0.1, -0.05) is 0 Å². The molecule has 0 atom stereocenters. The molecule has 1 aromatic rings. The second-order valence-electron chi connectivity index (χ2n) is 2.74. The molecule has 7 heteroatoms. The molecule has 0 spiro atoms. The monoisotopic (exact) mass is 238 g/mol. The fourth-order valence-corrected chi connectivity index (χ4v) is 0.994. The highest BCUT2D eigenvalue weighted by molar-refractivity contribution is 5.88. The first kappa shape index (κ1) is 12.3. The lowest BCUT2D eigenvalue weighted by Gasteiger charge is -2.08. The van der Waals surface area contributed by atoms with Gasteiger partial charge in [-0.05, 0) is 12.1 Å². The SMILES string of the molecule is O=C(O)c1c(F)ccc(OCC(F)F)c1F. The van der Waals surface area contributed by atoms with Crippen LogP contribution in [-0.4, -0.2) is 24.1 Å². The van der Waals surface area contributed by atoms with E-state index in [1.165, 1.54) is 0 Å². The highest BCUT2D eigenvalue weighted by atomic mass is 19.3. The number of halogens is 4. The van der Waals surface area contributed by atoms with E-state index in [-0.39, 0.29) is 0 Å². The second-order valence-corrected chi connectivity index (χ2v) is 2.74. The number of hydrogen-bond donors (Lipinski definition) is 1. The Labute approximate surface area is 87.3 Å². The molecule has 0 aliphatic carbocycles. The van der Waals surface area contributed by atoms with Gasteiger partial charge in [0.25, 0.3) is 6.43 Å². The molecule has 0 heterocycles. The summed E-state index contributed by atoms with van der Waals surface area (Å²) in [5.41, 5.74) is -1.23. The van der Waals surface area contributed by atoms with Crippen LogP contribution in [0, 0.1) is 11.6 Å². The molecule has 0 aliphatic rings. The maximum Gasteiger partial charge on any atom is 0.341 e. The van der Waals surface area contributed by atoms with Gasteiger partial charge in [-0.2, -0.15) is 0 Å². The number of carboxylic acids is 1. The summed E-state index contributed by atoms with van der Waals surface area (Å²) < 4.78 is 53.9. The largest absolute Gasteiger partial charge is 0.485 e. The molecule has 0 aliphatic heterocycles. The van der Waals surface area contributed by atoms with E-state index < -0.39 is 41.9 Å². The Morgan fingerprint density at radius 3 is 2.50 bits per heavy atom. The Hall–Kier alpha value is -1.79. The highest BCUT2D eigenvalue weighted by Gasteiger charge is 2.21. The van der Waals surface area contributed by atoms with Crippen LogP contribution in [0.1, 0.15) is 10.4 Å². The summed E-state index contributed by atoms with van der Waals surface area (Å²) in [5.74, 6) is -5.36. The van der Waals surface area contributed by atoms with Crippen LogP contribution < -0.4 is 4.74 Å². The summed E-state index contributed by atoms with van der Waals surface area (Å²) in [5, 5.41) is 8.46. The normalized spacial score (nSPS) is 10.6. The van der Waals surface area contributed by atoms with E-state index in [1.807, 2.05) is 0 Å². The second kappa shape index (κ2) is 4.82. The van der Waals surface area contributed by atoms with Crippen molar-refractivity contribution in [3.63, 3.8) is 0 Å². The van der Waals surface area contributed by atoms with Crippen LogP contribution in [0.3, 0.4) is 0 Å². The minimum atomic E-state index is -2.84. The molecule has 1 aromatic carbocycles. The van der Waals surface area contributed by atoms with Crippen LogP contribution in [0.2, 0.25) is 0 Å². The molecule has 0 radical (unpaired) electrons. The number of carboxylic acid groups (broad SMARTS) is 1. The minimum Gasteiger partial charge on any atom is -0.485 e. The van der Waals surface area contributed by atoms with Crippen molar-refractivity contribution in [2.45, 2.75) is 6.43 Å². The lowest BCUT2D eigenvalue weighted by atomic mass is 10.2. The molecule has 1 rings (SSSR count). The zero-order valence-corrected chi connectivity index (χ0v) is 7.71. The molecular formula is C9H6F4O3. The van der Waals surface area contributed by atoms with E-state index >= 15 is 0 Å². The first-order valence-electron chi connectivity index (χ1n) is 4.05. The van der Waals surface area contributed by atoms with Crippen LogP contribution >= 0.6 is 0 Å². The lowest BCUT2D eigenvalue weighted by Crippen LogP contribution is -2.11. The number of aromatic carboxylic acids is 1. The molecule has 0 unspecified atom stereocenters. The Bertz CT molecular complexity index is 406. The molecule has 0 fully saturated rings. The van der Waals surface area contributed by atoms with Crippen molar-refractivity contribution in [1.29, 1.82) is 0 Å². The summed E-state index contributed by atoms with van der Waals surface area (Å²) in [6.07, 6.45) is -2.84. The van der Waals surface area contributed by atoms with E-state index in [4.69, 9.17) is 5.11 Å². The minimum absolute atomic E-state index is 0.632. The summed E-state index contributed by atoms with van der Waals surface area (Å²) in [7, 11) is 0. The van der Waals surface area contributed by atoms with Crippen LogP contribution in [0.25, 0.3) is 0 Å². The molecule has 0 amide bonds. The Kier molecular flexibility index (Phi) is 3.70. The van der Waals surface area contributed by atoms with Crippen molar-refractivity contribution >= 4 is 5.97 Å². The molecule has 0 bridgehead atoms. The van der Waals surface area contributed by atoms with Gasteiger partial charge in [0.1, 0.15) is 18.0 Å². The zero-order valence-electron chi connectivity index (χ0n) is 7.71. The van der Waals surface area contributed by atoms with Crippen LogP contribution in [0.5, 0.6) is 5.75 Å². The predicted octanol–water partition coefficient (Wildman–Crippen LogP) is 2.31. The molecule has 16 heavy (non-hydrogen) atoms. The van der Waals surface area contributed by atoms with Gasteiger partial charge in [-0.25, -0.2) is 22.4 Å². The average Bonchev–Trinajstić information content (AvgIpc) is 2.15. The fraction of sp³-hybridized carbons (Fsp3) is 0.222. The van der Waals surface area contributed by atoms with Crippen LogP contribution in [0.4, 0.5) is 17.6 Å². The Balaban J connectivity index is 3.04. The predicted molar refractivity (Wildman–Crippen MR) is 44.8 cm³/mol. The van der Waals surface area contributed by atoms with Crippen molar-refractivity contribution in [3.05, 3.63) is 29.3 Å². The third-order valence-corrected chi connectivity index (χ3v) is 1.63. The maximum atomic E-state index is 13.2. The zero-order chi connectivity index (χ0) is 12.3. The van der Waals surface area contributed by atoms with Crippen LogP contribution in [-0.2, 0) is 0 Å². The van der Waals surface area contributed by atoms with Crippen LogP contribution in [0.15, 0.2) is 12.1 Å². The van der Waals surface area contributed by atoms with Gasteiger partial charge < -0.3 is 9.84 Å². The van der Waals surface area contributed by atoms with Gasteiger partial charge in [0.15, 0.2) is 11.6 Å². The number of benzene rings is 1. The highest BCUT2D eigenvalue weighted by Crippen LogP contribution is 2.23. The van der Waals surface area contributed by atoms with E-state index in [0.717, 1.165) is 6.07 Å². The fourth-order valence-electron chi connectivity index (χ4n) is 0.994. The van der Waals surface area contributed by atoms with Gasteiger partial charge in [0, 0.05) is 0 Å². The number of carbonyl (C=O) groups is 1. The van der Waals surface area contributed by atoms with Crippen molar-refractivity contribution in [1.82, 2.24) is 0 Å². The summed E-state index contributed by atoms with van der Waals surface area (Å²) in [4.78, 5) is 10.4. The third-order valence-electron chi connectivity index (χ3n) is 1.63. The topological polar surface area (TPSA) is 46.5 Å². The third kappa shape index (κ3) is 2.62. The van der Waals surface area contributed by atoms with Gasteiger partial charge in [0.2, 0.25) is 0 Å². The van der Waals surface area contributed by atoms with E-state index in [1.54, 1.807) is 0 Å². The van der Waals surface area contributed by atoms with E-state index in [2.05, 4.69) is 4.74 Å². The molecule has 88 valence electrons. The van der Waals surface area contributed by atoms with E-state index in [9.17, 15) is 22.4 Å². The van der Waals surface area contributed by atoms with Crippen molar-refractivity contribution < 1.29 is 32.2 Å². The summed E-state index contributed by atoms with van der Waals surface area (Å²) in [6, 6.07) is 1.38. The van der Waals surface area contributed by atoms with Gasteiger partial charge >= 0.3 is 5.97 Å². The number of hydrogen-bond acceptors (Lipinski definition) is 2. The summed E-state index contributed by atoms with van der Waals surface area (Å²) >= 11 is 0. The van der Waals surface area contributed by atoms with Gasteiger partial charge in [0.05, 0.1) is 0 Å². The molecule has 1 N–H and O–H groups in total. The smallest absolute Gasteiger partial charge is 0.341 e. The number of alkyl halides is 2. The first-order valence-corrected chi connectivity index (χ1v) is 4.05. The van der Waals surface area contributed by atoms with Crippen molar-refractivity contribution in [2.24, 2.45) is 0 Å². The standard InChI is InChI=1S/C9H6F4O3/c10-4-1-2-5(16-3-6(11)12)8(13)7(4)9(14)15/h1-2,6H,3H2,(H,14,15). The molecule has 0 aromatic heterocycles. The van der Waals surface area contributed by atoms with Gasteiger partial charge in [-0.15, -0.1) is 0 Å². The number of ether oxygens (including phenoxy) is 1. The maximum absolute atomic E-state index is 13.2. The number of rotatable bonds is 4. The lowest BCUT2D eigenvalue weighted by molar-refractivity contribution is 0.0680. The van der Waals surface area contributed by atoms with Gasteiger partial charge in [-0.3, -0.25) is 0 Å².